The van der Waals surface area contributed by atoms with Crippen molar-refractivity contribution < 1.29 is 0 Å². The minimum Gasteiger partial charge on any atom is -0.338 e. The van der Waals surface area contributed by atoms with E-state index in [-0.39, 0.29) is 6.04 Å². The van der Waals surface area contributed by atoms with Crippen molar-refractivity contribution in [2.24, 2.45) is 12.8 Å². The molecule has 0 saturated heterocycles. The van der Waals surface area contributed by atoms with Crippen LogP contribution in [0.2, 0.25) is 0 Å². The first-order valence-electron chi connectivity index (χ1n) is 6.45. The molecular weight excluding hydrogens is 236 g/mol. The van der Waals surface area contributed by atoms with Crippen LogP contribution in [-0.2, 0) is 13.5 Å². The van der Waals surface area contributed by atoms with Gasteiger partial charge in [0.05, 0.1) is 6.04 Å². The van der Waals surface area contributed by atoms with Crippen LogP contribution >= 0.6 is 0 Å². The van der Waals surface area contributed by atoms with E-state index in [2.05, 4.69) is 34.6 Å². The zero-order valence-corrected chi connectivity index (χ0v) is 11.2. The Labute approximate surface area is 112 Å². The van der Waals surface area contributed by atoms with E-state index in [1.807, 2.05) is 36.1 Å². The van der Waals surface area contributed by atoms with Gasteiger partial charge in [0.2, 0.25) is 0 Å². The van der Waals surface area contributed by atoms with Gasteiger partial charge in [-0.15, -0.1) is 0 Å². The van der Waals surface area contributed by atoms with Crippen molar-refractivity contribution >= 4 is 5.52 Å². The average Bonchev–Trinajstić information content (AvgIpc) is 2.92. The van der Waals surface area contributed by atoms with Gasteiger partial charge in [-0.3, -0.25) is 0 Å². The third kappa shape index (κ3) is 2.04. The number of aryl methyl sites for hydroxylation is 2. The summed E-state index contributed by atoms with van der Waals surface area (Å²) in [5.41, 5.74) is 9.97. The Balaban J connectivity index is 2.00. The van der Waals surface area contributed by atoms with Gasteiger partial charge in [0, 0.05) is 43.3 Å². The van der Waals surface area contributed by atoms with Crippen LogP contribution in [0.5, 0.6) is 0 Å². The largest absolute Gasteiger partial charge is 0.338 e. The summed E-state index contributed by atoms with van der Waals surface area (Å²) in [5.74, 6) is 1.01. The normalized spacial score (nSPS) is 13.0. The summed E-state index contributed by atoms with van der Waals surface area (Å²) in [4.78, 5) is 4.35. The topological polar surface area (TPSA) is 48.2 Å². The third-order valence-electron chi connectivity index (χ3n) is 3.59. The second-order valence-electron chi connectivity index (χ2n) is 4.97. The molecule has 3 rings (SSSR count). The zero-order chi connectivity index (χ0) is 13.4. The summed E-state index contributed by atoms with van der Waals surface area (Å²) in [6.45, 7) is 2.11. The number of nitrogens with zero attached hydrogens (tertiary/aromatic N) is 3. The smallest absolute Gasteiger partial charge is 0.110 e. The summed E-state index contributed by atoms with van der Waals surface area (Å²) in [5, 5.41) is 0. The summed E-state index contributed by atoms with van der Waals surface area (Å²) in [7, 11) is 2.00. The van der Waals surface area contributed by atoms with Crippen LogP contribution in [0.15, 0.2) is 42.9 Å². The number of fused-ring (bicyclic) bond motifs is 1. The molecule has 0 radical (unpaired) electrons. The Bertz CT molecular complexity index is 708. The maximum Gasteiger partial charge on any atom is 0.110 e. The molecule has 4 nitrogen and oxygen atoms in total. The number of hydrogen-bond acceptors (Lipinski definition) is 2. The van der Waals surface area contributed by atoms with Gasteiger partial charge >= 0.3 is 0 Å². The first-order chi connectivity index (χ1) is 9.16. The molecule has 0 spiro atoms. The Kier molecular flexibility index (Phi) is 2.87. The van der Waals surface area contributed by atoms with E-state index in [4.69, 9.17) is 5.73 Å². The summed E-state index contributed by atoms with van der Waals surface area (Å²) >= 11 is 0. The zero-order valence-electron chi connectivity index (χ0n) is 11.2. The SMILES string of the molecule is Cc1cc2ccccn2c1C(N)Cc1nccn1C. The van der Waals surface area contributed by atoms with Gasteiger partial charge in [0.25, 0.3) is 0 Å². The van der Waals surface area contributed by atoms with E-state index >= 15 is 0 Å². The molecule has 3 aromatic rings. The first kappa shape index (κ1) is 12.0. The number of pyridine rings is 1. The molecule has 0 aromatic carbocycles. The molecule has 0 aliphatic heterocycles. The Morgan fingerprint density at radius 2 is 2.16 bits per heavy atom. The number of hydrogen-bond donors (Lipinski definition) is 1. The molecule has 1 unspecified atom stereocenters. The Hall–Kier alpha value is -2.07. The van der Waals surface area contributed by atoms with Crippen molar-refractivity contribution in [3.05, 3.63) is 59.9 Å². The van der Waals surface area contributed by atoms with Crippen molar-refractivity contribution in [1.82, 2.24) is 14.0 Å². The van der Waals surface area contributed by atoms with Crippen LogP contribution in [-0.4, -0.2) is 14.0 Å². The van der Waals surface area contributed by atoms with Crippen LogP contribution in [0.4, 0.5) is 0 Å². The molecule has 4 heteroatoms. The molecule has 2 N–H and O–H groups in total. The fourth-order valence-electron chi connectivity index (χ4n) is 2.64. The number of rotatable bonds is 3. The molecule has 0 bridgehead atoms. The lowest BCUT2D eigenvalue weighted by Crippen LogP contribution is -2.18. The fraction of sp³-hybridized carbons (Fsp3) is 0.267. The molecule has 19 heavy (non-hydrogen) atoms. The van der Waals surface area contributed by atoms with Gasteiger partial charge in [0.1, 0.15) is 5.82 Å². The molecular formula is C15H18N4. The molecule has 0 aliphatic carbocycles. The molecule has 0 aliphatic rings. The van der Waals surface area contributed by atoms with Crippen molar-refractivity contribution in [2.45, 2.75) is 19.4 Å². The number of aromatic nitrogens is 3. The second-order valence-corrected chi connectivity index (χ2v) is 4.97. The second kappa shape index (κ2) is 4.55. The minimum atomic E-state index is -0.0500. The Morgan fingerprint density at radius 1 is 1.32 bits per heavy atom. The van der Waals surface area contributed by atoms with Crippen LogP contribution in [0.1, 0.15) is 23.1 Å². The van der Waals surface area contributed by atoms with E-state index in [1.54, 1.807) is 0 Å². The van der Waals surface area contributed by atoms with Gasteiger partial charge in [-0.05, 0) is 30.7 Å². The van der Waals surface area contributed by atoms with Gasteiger partial charge in [0.15, 0.2) is 0 Å². The average molecular weight is 254 g/mol. The minimum absolute atomic E-state index is 0.0500. The van der Waals surface area contributed by atoms with Gasteiger partial charge in [-0.1, -0.05) is 6.07 Å². The monoisotopic (exact) mass is 254 g/mol. The van der Waals surface area contributed by atoms with E-state index in [1.165, 1.54) is 16.8 Å². The van der Waals surface area contributed by atoms with Crippen LogP contribution in [0, 0.1) is 6.92 Å². The third-order valence-corrected chi connectivity index (χ3v) is 3.59. The highest BCUT2D eigenvalue weighted by Gasteiger charge is 2.16. The molecule has 1 atom stereocenters. The predicted octanol–water partition coefficient (Wildman–Crippen LogP) is 2.22. The van der Waals surface area contributed by atoms with Crippen LogP contribution < -0.4 is 5.73 Å². The molecule has 98 valence electrons. The van der Waals surface area contributed by atoms with Crippen LogP contribution in [0.3, 0.4) is 0 Å². The van der Waals surface area contributed by atoms with E-state index in [0.717, 1.165) is 12.2 Å². The van der Waals surface area contributed by atoms with Gasteiger partial charge < -0.3 is 14.7 Å². The molecule has 0 saturated carbocycles. The van der Waals surface area contributed by atoms with E-state index < -0.39 is 0 Å². The highest BCUT2D eigenvalue weighted by atomic mass is 15.0. The first-order valence-corrected chi connectivity index (χ1v) is 6.45. The quantitative estimate of drug-likeness (QED) is 0.779. The fourth-order valence-corrected chi connectivity index (χ4v) is 2.64. The molecule has 3 heterocycles. The summed E-state index contributed by atoms with van der Waals surface area (Å²) in [6.07, 6.45) is 6.57. The number of nitrogens with two attached hydrogens (primary N) is 1. The predicted molar refractivity (Wildman–Crippen MR) is 76.0 cm³/mol. The maximum atomic E-state index is 6.39. The van der Waals surface area contributed by atoms with Crippen molar-refractivity contribution in [3.63, 3.8) is 0 Å². The highest BCUT2D eigenvalue weighted by molar-refractivity contribution is 5.53. The molecule has 3 aromatic heterocycles. The Morgan fingerprint density at radius 3 is 2.89 bits per heavy atom. The van der Waals surface area contributed by atoms with Crippen LogP contribution in [0.25, 0.3) is 5.52 Å². The van der Waals surface area contributed by atoms with Crippen molar-refractivity contribution in [3.8, 4) is 0 Å². The molecule has 0 fully saturated rings. The van der Waals surface area contributed by atoms with E-state index in [0.29, 0.717) is 0 Å². The lowest BCUT2D eigenvalue weighted by molar-refractivity contribution is 0.636. The standard InChI is InChI=1S/C15H18N4/c1-11-9-12-5-3-4-7-19(12)15(11)13(16)10-14-17-6-8-18(14)2/h3-9,13H,10,16H2,1-2H3. The maximum absolute atomic E-state index is 6.39. The highest BCUT2D eigenvalue weighted by Crippen LogP contribution is 2.23. The lowest BCUT2D eigenvalue weighted by Gasteiger charge is -2.13. The molecule has 0 amide bonds. The van der Waals surface area contributed by atoms with E-state index in [9.17, 15) is 0 Å². The van der Waals surface area contributed by atoms with Gasteiger partial charge in [-0.2, -0.15) is 0 Å². The van der Waals surface area contributed by atoms with Gasteiger partial charge in [-0.25, -0.2) is 4.98 Å². The number of imidazole rings is 1. The lowest BCUT2D eigenvalue weighted by atomic mass is 10.1. The van der Waals surface area contributed by atoms with Crippen molar-refractivity contribution in [1.29, 1.82) is 0 Å². The van der Waals surface area contributed by atoms with Crippen molar-refractivity contribution in [2.75, 3.05) is 0 Å². The summed E-state index contributed by atoms with van der Waals surface area (Å²) in [6, 6.07) is 8.30. The summed E-state index contributed by atoms with van der Waals surface area (Å²) < 4.78 is 4.19.